The van der Waals surface area contributed by atoms with E-state index in [2.05, 4.69) is 4.98 Å². The summed E-state index contributed by atoms with van der Waals surface area (Å²) in [6, 6.07) is 4.53. The van der Waals surface area contributed by atoms with E-state index < -0.39 is 12.0 Å². The van der Waals surface area contributed by atoms with Crippen molar-refractivity contribution in [1.29, 1.82) is 5.26 Å². The van der Waals surface area contributed by atoms with Crippen molar-refractivity contribution in [2.45, 2.75) is 6.04 Å². The van der Waals surface area contributed by atoms with Gasteiger partial charge in [0, 0.05) is 12.7 Å². The van der Waals surface area contributed by atoms with E-state index in [1.54, 1.807) is 17.0 Å². The van der Waals surface area contributed by atoms with Crippen LogP contribution in [0.5, 0.6) is 0 Å². The summed E-state index contributed by atoms with van der Waals surface area (Å²) >= 11 is 0. The third-order valence-corrected chi connectivity index (χ3v) is 2.58. The topological polar surface area (TPSA) is 86.5 Å². The van der Waals surface area contributed by atoms with Crippen LogP contribution >= 0.6 is 0 Å². The zero-order valence-corrected chi connectivity index (χ0v) is 9.04. The minimum absolute atomic E-state index is 0.150. The fraction of sp³-hybridized carbons (Fsp3) is 0.364. The quantitative estimate of drug-likeness (QED) is 0.787. The van der Waals surface area contributed by atoms with Crippen LogP contribution in [-0.2, 0) is 9.53 Å². The van der Waals surface area contributed by atoms with E-state index in [-0.39, 0.29) is 6.61 Å². The van der Waals surface area contributed by atoms with Gasteiger partial charge in [0.25, 0.3) is 0 Å². The lowest BCUT2D eigenvalue weighted by molar-refractivity contribution is -0.141. The Labute approximate surface area is 98.1 Å². The molecule has 1 fully saturated rings. The molecule has 6 heteroatoms. The van der Waals surface area contributed by atoms with Crippen LogP contribution in [0, 0.1) is 11.3 Å². The smallest absolute Gasteiger partial charge is 0.328 e. The van der Waals surface area contributed by atoms with Gasteiger partial charge in [-0.1, -0.05) is 0 Å². The van der Waals surface area contributed by atoms with Gasteiger partial charge < -0.3 is 14.7 Å². The molecule has 2 heterocycles. The summed E-state index contributed by atoms with van der Waals surface area (Å²) in [7, 11) is 0. The number of carboxylic acid groups (broad SMARTS) is 1. The zero-order valence-electron chi connectivity index (χ0n) is 9.04. The van der Waals surface area contributed by atoms with Gasteiger partial charge in [-0.3, -0.25) is 0 Å². The Hall–Kier alpha value is -2.13. The maximum atomic E-state index is 11.1. The number of hydrogen-bond donors (Lipinski definition) is 1. The lowest BCUT2D eigenvalue weighted by Gasteiger charge is -2.33. The van der Waals surface area contributed by atoms with E-state index in [0.29, 0.717) is 24.5 Å². The first kappa shape index (κ1) is 11.4. The van der Waals surface area contributed by atoms with Gasteiger partial charge in [-0.05, 0) is 12.1 Å². The highest BCUT2D eigenvalue weighted by Gasteiger charge is 2.29. The predicted molar refractivity (Wildman–Crippen MR) is 58.5 cm³/mol. The molecule has 1 N–H and O–H groups in total. The second-order valence-corrected chi connectivity index (χ2v) is 3.64. The number of carbonyl (C=O) groups is 1. The van der Waals surface area contributed by atoms with Gasteiger partial charge in [0.1, 0.15) is 11.9 Å². The highest BCUT2D eigenvalue weighted by atomic mass is 16.5. The fourth-order valence-corrected chi connectivity index (χ4v) is 1.70. The molecule has 0 bridgehead atoms. The summed E-state index contributed by atoms with van der Waals surface area (Å²) < 4.78 is 5.14. The Morgan fingerprint density at radius 2 is 2.47 bits per heavy atom. The molecule has 1 aromatic heterocycles. The molecule has 17 heavy (non-hydrogen) atoms. The maximum Gasteiger partial charge on any atom is 0.328 e. The standard InChI is InChI=1S/C11H11N3O3/c12-5-8-1-2-10(13-6-8)14-3-4-17-7-9(14)11(15)16/h1-2,6,9H,3-4,7H2,(H,15,16). The third-order valence-electron chi connectivity index (χ3n) is 2.58. The Balaban J connectivity index is 2.24. The Morgan fingerprint density at radius 1 is 1.65 bits per heavy atom. The fourth-order valence-electron chi connectivity index (χ4n) is 1.70. The summed E-state index contributed by atoms with van der Waals surface area (Å²) in [5.74, 6) is -0.379. The van der Waals surface area contributed by atoms with Crippen LogP contribution in [0.3, 0.4) is 0 Å². The molecule has 0 radical (unpaired) electrons. The van der Waals surface area contributed by atoms with E-state index in [9.17, 15) is 4.79 Å². The zero-order chi connectivity index (χ0) is 12.3. The van der Waals surface area contributed by atoms with E-state index in [1.807, 2.05) is 6.07 Å². The Bertz CT molecular complexity index is 452. The number of carboxylic acids is 1. The average Bonchev–Trinajstić information content (AvgIpc) is 2.39. The van der Waals surface area contributed by atoms with Crippen molar-refractivity contribution in [3.05, 3.63) is 23.9 Å². The van der Waals surface area contributed by atoms with Crippen molar-refractivity contribution in [2.24, 2.45) is 0 Å². The summed E-state index contributed by atoms with van der Waals surface area (Å²) in [6.45, 7) is 1.11. The van der Waals surface area contributed by atoms with Crippen LogP contribution in [-0.4, -0.2) is 41.9 Å². The van der Waals surface area contributed by atoms with Crippen molar-refractivity contribution in [3.8, 4) is 6.07 Å². The van der Waals surface area contributed by atoms with E-state index in [1.165, 1.54) is 6.20 Å². The van der Waals surface area contributed by atoms with Gasteiger partial charge in [-0.15, -0.1) is 0 Å². The van der Waals surface area contributed by atoms with Crippen LogP contribution in [0.1, 0.15) is 5.56 Å². The lowest BCUT2D eigenvalue weighted by atomic mass is 10.2. The molecule has 1 unspecified atom stereocenters. The van der Waals surface area contributed by atoms with Crippen LogP contribution in [0.2, 0.25) is 0 Å². The van der Waals surface area contributed by atoms with Crippen molar-refractivity contribution in [2.75, 3.05) is 24.7 Å². The number of nitrogens with zero attached hydrogens (tertiary/aromatic N) is 3. The molecule has 1 aliphatic rings. The first-order valence-electron chi connectivity index (χ1n) is 5.15. The van der Waals surface area contributed by atoms with E-state index in [0.717, 1.165) is 0 Å². The normalized spacial score (nSPS) is 19.7. The first-order valence-corrected chi connectivity index (χ1v) is 5.15. The molecule has 1 saturated heterocycles. The van der Waals surface area contributed by atoms with Crippen LogP contribution < -0.4 is 4.90 Å². The van der Waals surface area contributed by atoms with Crippen molar-refractivity contribution in [1.82, 2.24) is 4.98 Å². The first-order chi connectivity index (χ1) is 8.22. The molecule has 2 rings (SSSR count). The molecule has 6 nitrogen and oxygen atoms in total. The van der Waals surface area contributed by atoms with Crippen molar-refractivity contribution in [3.63, 3.8) is 0 Å². The largest absolute Gasteiger partial charge is 0.480 e. The monoisotopic (exact) mass is 233 g/mol. The Kier molecular flexibility index (Phi) is 3.21. The van der Waals surface area contributed by atoms with Crippen LogP contribution in [0.4, 0.5) is 5.82 Å². The van der Waals surface area contributed by atoms with Crippen molar-refractivity contribution < 1.29 is 14.6 Å². The SMILES string of the molecule is N#Cc1ccc(N2CCOCC2C(=O)O)nc1. The van der Waals surface area contributed by atoms with Gasteiger partial charge in [-0.2, -0.15) is 5.26 Å². The van der Waals surface area contributed by atoms with Gasteiger partial charge in [0.05, 0.1) is 18.8 Å². The number of aliphatic carboxylic acids is 1. The Morgan fingerprint density at radius 3 is 3.06 bits per heavy atom. The lowest BCUT2D eigenvalue weighted by Crippen LogP contribution is -2.50. The minimum atomic E-state index is -0.934. The predicted octanol–water partition coefficient (Wildman–Crippen LogP) is 0.243. The number of morpholine rings is 1. The number of pyridine rings is 1. The van der Waals surface area contributed by atoms with Gasteiger partial charge in [0.15, 0.2) is 6.04 Å². The maximum absolute atomic E-state index is 11.1. The highest BCUT2D eigenvalue weighted by Crippen LogP contribution is 2.17. The van der Waals surface area contributed by atoms with Crippen LogP contribution in [0.15, 0.2) is 18.3 Å². The molecule has 88 valence electrons. The second kappa shape index (κ2) is 4.80. The van der Waals surface area contributed by atoms with Gasteiger partial charge in [-0.25, -0.2) is 9.78 Å². The number of ether oxygens (including phenoxy) is 1. The number of aromatic nitrogens is 1. The molecule has 0 aliphatic carbocycles. The molecular formula is C11H11N3O3. The molecule has 1 aliphatic heterocycles. The number of rotatable bonds is 2. The van der Waals surface area contributed by atoms with E-state index >= 15 is 0 Å². The second-order valence-electron chi connectivity index (χ2n) is 3.64. The molecular weight excluding hydrogens is 222 g/mol. The van der Waals surface area contributed by atoms with Crippen LogP contribution in [0.25, 0.3) is 0 Å². The molecule has 0 amide bonds. The summed E-state index contributed by atoms with van der Waals surface area (Å²) in [6.07, 6.45) is 1.43. The van der Waals surface area contributed by atoms with Gasteiger partial charge in [0.2, 0.25) is 0 Å². The van der Waals surface area contributed by atoms with E-state index in [4.69, 9.17) is 15.1 Å². The number of anilines is 1. The molecule has 0 saturated carbocycles. The minimum Gasteiger partial charge on any atom is -0.480 e. The molecule has 0 spiro atoms. The number of hydrogen-bond acceptors (Lipinski definition) is 5. The number of nitriles is 1. The van der Waals surface area contributed by atoms with Crippen molar-refractivity contribution >= 4 is 11.8 Å². The third kappa shape index (κ3) is 2.34. The summed E-state index contributed by atoms with van der Waals surface area (Å²) in [4.78, 5) is 16.8. The molecule has 1 atom stereocenters. The highest BCUT2D eigenvalue weighted by molar-refractivity contribution is 5.78. The van der Waals surface area contributed by atoms with Gasteiger partial charge >= 0.3 is 5.97 Å². The average molecular weight is 233 g/mol. The summed E-state index contributed by atoms with van der Waals surface area (Å²) in [5.41, 5.74) is 0.453. The summed E-state index contributed by atoms with van der Waals surface area (Å²) in [5, 5.41) is 17.7. The molecule has 0 aromatic carbocycles. The molecule has 1 aromatic rings.